The third-order valence-electron chi connectivity index (χ3n) is 0.692. The summed E-state index contributed by atoms with van der Waals surface area (Å²) in [4.78, 5) is 0. The van der Waals surface area contributed by atoms with Crippen LogP contribution in [0, 0.1) is 6.92 Å². The van der Waals surface area contributed by atoms with Crippen LogP contribution in [0.1, 0.15) is 20.3 Å². The molecule has 0 fully saturated rings. The normalized spacial score (nSPS) is 8.77. The van der Waals surface area contributed by atoms with Crippen LogP contribution in [0.2, 0.25) is 0 Å². The maximum absolute atomic E-state index is 10.7. The van der Waals surface area contributed by atoms with Crippen LogP contribution in [0.25, 0.3) is 0 Å². The van der Waals surface area contributed by atoms with E-state index in [0.717, 1.165) is 13.2 Å². The molecule has 78 valence electrons. The van der Waals surface area contributed by atoms with Crippen molar-refractivity contribution in [1.82, 2.24) is 0 Å². The molecule has 0 rings (SSSR count). The van der Waals surface area contributed by atoms with Gasteiger partial charge in [-0.2, -0.15) is 13.2 Å². The Morgan fingerprint density at radius 1 is 1.15 bits per heavy atom. The minimum Gasteiger partial charge on any atom is -1.00 e. The molecule has 13 heavy (non-hydrogen) atoms. The molecule has 0 aliphatic rings. The molecule has 6 heteroatoms. The summed E-state index contributed by atoms with van der Waals surface area (Å²) in [6.45, 7) is 8.30. The molecule has 0 bridgehead atoms. The van der Waals surface area contributed by atoms with Gasteiger partial charge in [-0.1, -0.05) is 6.42 Å². The van der Waals surface area contributed by atoms with Crippen LogP contribution < -0.4 is 24.0 Å². The largest absolute Gasteiger partial charge is 2.00 e. The van der Waals surface area contributed by atoms with Gasteiger partial charge in [-0.15, -0.1) is 0 Å². The maximum atomic E-state index is 10.7. The van der Waals surface area contributed by atoms with Gasteiger partial charge in [0.2, 0.25) is 0 Å². The zero-order valence-corrected chi connectivity index (χ0v) is 11.5. The number of ether oxygens (including phenoxy) is 1. The molecular weight excluding hydrogens is 308 g/mol. The van der Waals surface area contributed by atoms with Crippen LogP contribution in [0.4, 0.5) is 13.2 Å². The van der Waals surface area contributed by atoms with E-state index >= 15 is 0 Å². The SMILES string of the molecule is CCOCC.[CH2-]CC(F)(F)F.[I-].[Mg+2]. The molecule has 0 amide bonds. The molecule has 0 unspecified atom stereocenters. The second-order valence-corrected chi connectivity index (χ2v) is 1.65. The Hall–Kier alpha value is 1.25. The number of alkyl halides is 3. The van der Waals surface area contributed by atoms with Crippen LogP contribution in [0.3, 0.4) is 0 Å². The number of hydrogen-bond acceptors (Lipinski definition) is 1. The summed E-state index contributed by atoms with van der Waals surface area (Å²) in [7, 11) is 0. The first kappa shape index (κ1) is 23.8. The Balaban J connectivity index is -0.0000000546. The number of hydrogen-bond donors (Lipinski definition) is 0. The first-order valence-electron chi connectivity index (χ1n) is 3.41. The van der Waals surface area contributed by atoms with Crippen LogP contribution in [0.15, 0.2) is 0 Å². The van der Waals surface area contributed by atoms with Crippen molar-refractivity contribution in [2.75, 3.05) is 13.2 Å². The average Bonchev–Trinajstić information content (AvgIpc) is 1.90. The first-order chi connectivity index (χ1) is 4.97. The first-order valence-corrected chi connectivity index (χ1v) is 3.41. The third kappa shape index (κ3) is 42.9. The van der Waals surface area contributed by atoms with Gasteiger partial charge in [0.1, 0.15) is 0 Å². The van der Waals surface area contributed by atoms with Gasteiger partial charge in [0.25, 0.3) is 0 Å². The van der Waals surface area contributed by atoms with Gasteiger partial charge in [-0.25, -0.2) is 0 Å². The van der Waals surface area contributed by atoms with Gasteiger partial charge >= 0.3 is 29.2 Å². The number of rotatable bonds is 2. The average molecular weight is 322 g/mol. The summed E-state index contributed by atoms with van der Waals surface area (Å²) in [6, 6.07) is 0. The Bertz CT molecular complexity index is 78.6. The minimum absolute atomic E-state index is 0. The summed E-state index contributed by atoms with van der Waals surface area (Å²) < 4.78 is 37.0. The molecule has 0 aliphatic carbocycles. The van der Waals surface area contributed by atoms with Crippen molar-refractivity contribution in [3.63, 3.8) is 0 Å². The summed E-state index contributed by atoms with van der Waals surface area (Å²) in [6.07, 6.45) is -5.05. The molecule has 0 atom stereocenters. The van der Waals surface area contributed by atoms with Crippen LogP contribution >= 0.6 is 0 Å². The third-order valence-corrected chi connectivity index (χ3v) is 0.692. The van der Waals surface area contributed by atoms with Gasteiger partial charge in [-0.3, -0.25) is 0 Å². The molecule has 0 aromatic rings. The van der Waals surface area contributed by atoms with Crippen molar-refractivity contribution in [1.29, 1.82) is 0 Å². The molecule has 0 aromatic heterocycles. The molecule has 0 N–H and O–H groups in total. The van der Waals surface area contributed by atoms with E-state index in [0.29, 0.717) is 0 Å². The molecular formula is C7H14F3IMgO. The van der Waals surface area contributed by atoms with E-state index in [1.54, 1.807) is 0 Å². The van der Waals surface area contributed by atoms with E-state index in [1.165, 1.54) is 0 Å². The summed E-state index contributed by atoms with van der Waals surface area (Å²) >= 11 is 0. The topological polar surface area (TPSA) is 9.23 Å². The fraction of sp³-hybridized carbons (Fsp3) is 0.857. The van der Waals surface area contributed by atoms with Crippen LogP contribution in [-0.2, 0) is 4.74 Å². The Morgan fingerprint density at radius 2 is 1.38 bits per heavy atom. The number of halogens is 4. The van der Waals surface area contributed by atoms with E-state index in [-0.39, 0.29) is 47.0 Å². The molecule has 0 spiro atoms. The van der Waals surface area contributed by atoms with Crippen molar-refractivity contribution in [3.05, 3.63) is 6.92 Å². The fourth-order valence-electron chi connectivity index (χ4n) is 0.204. The zero-order chi connectivity index (χ0) is 9.33. The van der Waals surface area contributed by atoms with E-state index in [4.69, 9.17) is 4.74 Å². The fourth-order valence-corrected chi connectivity index (χ4v) is 0.204. The monoisotopic (exact) mass is 322 g/mol. The van der Waals surface area contributed by atoms with Crippen molar-refractivity contribution in [2.24, 2.45) is 0 Å². The molecule has 0 radical (unpaired) electrons. The summed E-state index contributed by atoms with van der Waals surface area (Å²) in [5.41, 5.74) is 0. The Labute approximate surface area is 111 Å². The summed E-state index contributed by atoms with van der Waals surface area (Å²) in [5.74, 6) is 0. The van der Waals surface area contributed by atoms with Gasteiger partial charge in [0.15, 0.2) is 0 Å². The molecule has 0 aromatic carbocycles. The van der Waals surface area contributed by atoms with E-state index < -0.39 is 12.6 Å². The smallest absolute Gasteiger partial charge is 1.00 e. The second-order valence-electron chi connectivity index (χ2n) is 1.65. The van der Waals surface area contributed by atoms with Crippen molar-refractivity contribution in [2.45, 2.75) is 26.4 Å². The van der Waals surface area contributed by atoms with Crippen LogP contribution in [-0.4, -0.2) is 42.4 Å². The van der Waals surface area contributed by atoms with Crippen LogP contribution in [0.5, 0.6) is 0 Å². The Morgan fingerprint density at radius 3 is 1.38 bits per heavy atom. The minimum atomic E-state index is -4.07. The van der Waals surface area contributed by atoms with E-state index in [2.05, 4.69) is 6.92 Å². The quantitative estimate of drug-likeness (QED) is 0.376. The zero-order valence-electron chi connectivity index (χ0n) is 7.96. The second kappa shape index (κ2) is 15.7. The molecule has 0 saturated carbocycles. The van der Waals surface area contributed by atoms with Crippen molar-refractivity contribution >= 4 is 23.1 Å². The predicted molar refractivity (Wildman–Crippen MR) is 44.0 cm³/mol. The molecule has 0 heterocycles. The van der Waals surface area contributed by atoms with Crippen molar-refractivity contribution < 1.29 is 41.9 Å². The van der Waals surface area contributed by atoms with Gasteiger partial charge < -0.3 is 35.6 Å². The van der Waals surface area contributed by atoms with Gasteiger partial charge in [0.05, 0.1) is 0 Å². The van der Waals surface area contributed by atoms with Gasteiger partial charge in [0, 0.05) is 13.2 Å². The van der Waals surface area contributed by atoms with Crippen molar-refractivity contribution in [3.8, 4) is 0 Å². The van der Waals surface area contributed by atoms with E-state index in [9.17, 15) is 13.2 Å². The van der Waals surface area contributed by atoms with Gasteiger partial charge in [-0.05, 0) is 13.8 Å². The molecule has 0 aliphatic heterocycles. The maximum Gasteiger partial charge on any atom is 2.00 e. The van der Waals surface area contributed by atoms with E-state index in [1.807, 2.05) is 13.8 Å². The summed E-state index contributed by atoms with van der Waals surface area (Å²) in [5, 5.41) is 0. The predicted octanol–water partition coefficient (Wildman–Crippen LogP) is -0.561. The standard InChI is InChI=1S/C4H10O.C3H4F3.HI.Mg/c1-3-5-4-2;1-2-3(4,5)6;;/h3-4H2,1-2H3;1-2H2;1H;/q;-1;;+2/p-1. The molecule has 0 saturated heterocycles. The Kier molecular flexibility index (Phi) is 28.8. The molecule has 1 nitrogen and oxygen atoms in total.